The molecule has 1 unspecified atom stereocenters. The van der Waals surface area contributed by atoms with E-state index < -0.39 is 10.0 Å². The van der Waals surface area contributed by atoms with Crippen molar-refractivity contribution < 1.29 is 12.8 Å². The van der Waals surface area contributed by atoms with Gasteiger partial charge in [0, 0.05) is 13.1 Å². The molecular weight excluding hydrogens is 446 g/mol. The SMILES string of the molecule is O=S(=O)(c1ccc(Br)s1)N1CCCC(c2nnc(-c3cccs3)o2)C1. The molecule has 1 aliphatic rings. The third-order valence-corrected chi connectivity index (χ3v) is 8.86. The number of rotatable bonds is 4. The molecule has 10 heteroatoms. The van der Waals surface area contributed by atoms with Gasteiger partial charge in [-0.25, -0.2) is 8.42 Å². The summed E-state index contributed by atoms with van der Waals surface area (Å²) in [4.78, 5) is 0.919. The molecule has 0 amide bonds. The Bertz CT molecular complexity index is 965. The quantitative estimate of drug-likeness (QED) is 0.584. The van der Waals surface area contributed by atoms with Gasteiger partial charge >= 0.3 is 0 Å². The van der Waals surface area contributed by atoms with Crippen molar-refractivity contribution in [2.75, 3.05) is 13.1 Å². The van der Waals surface area contributed by atoms with Gasteiger partial charge < -0.3 is 4.42 Å². The van der Waals surface area contributed by atoms with Gasteiger partial charge in [0.15, 0.2) is 0 Å². The van der Waals surface area contributed by atoms with Crippen molar-refractivity contribution in [2.24, 2.45) is 0 Å². The molecule has 1 saturated heterocycles. The highest BCUT2D eigenvalue weighted by molar-refractivity contribution is 9.11. The van der Waals surface area contributed by atoms with Gasteiger partial charge in [-0.2, -0.15) is 4.31 Å². The second-order valence-corrected chi connectivity index (χ2v) is 11.3. The fourth-order valence-corrected chi connectivity index (χ4v) is 7.16. The molecule has 132 valence electrons. The minimum atomic E-state index is -3.48. The predicted molar refractivity (Wildman–Crippen MR) is 100 cm³/mol. The maximum absolute atomic E-state index is 12.8. The molecule has 1 aliphatic heterocycles. The average Bonchev–Trinajstić information content (AvgIpc) is 3.35. The number of thiophene rings is 2. The molecule has 0 radical (unpaired) electrons. The van der Waals surface area contributed by atoms with Crippen LogP contribution in [-0.4, -0.2) is 36.0 Å². The third kappa shape index (κ3) is 3.45. The topological polar surface area (TPSA) is 76.3 Å². The number of nitrogens with zero attached hydrogens (tertiary/aromatic N) is 3. The number of hydrogen-bond donors (Lipinski definition) is 0. The van der Waals surface area contributed by atoms with Crippen molar-refractivity contribution in [3.63, 3.8) is 0 Å². The van der Waals surface area contributed by atoms with E-state index >= 15 is 0 Å². The van der Waals surface area contributed by atoms with Gasteiger partial charge in [0.25, 0.3) is 15.9 Å². The molecule has 0 bridgehead atoms. The lowest BCUT2D eigenvalue weighted by Crippen LogP contribution is -2.38. The summed E-state index contributed by atoms with van der Waals surface area (Å²) in [6, 6.07) is 7.24. The van der Waals surface area contributed by atoms with Crippen molar-refractivity contribution in [3.05, 3.63) is 39.3 Å². The fraction of sp³-hybridized carbons (Fsp3) is 0.333. The summed E-state index contributed by atoms with van der Waals surface area (Å²) in [5.74, 6) is 0.927. The molecule has 0 aromatic carbocycles. The van der Waals surface area contributed by atoms with E-state index in [4.69, 9.17) is 4.42 Å². The van der Waals surface area contributed by atoms with Gasteiger partial charge in [-0.3, -0.25) is 0 Å². The normalized spacial score (nSPS) is 19.3. The number of piperidine rings is 1. The van der Waals surface area contributed by atoms with Crippen molar-refractivity contribution in [2.45, 2.75) is 23.0 Å². The van der Waals surface area contributed by atoms with Crippen molar-refractivity contribution in [3.8, 4) is 10.8 Å². The Balaban J connectivity index is 1.55. The maximum atomic E-state index is 12.8. The lowest BCUT2D eigenvalue weighted by Gasteiger charge is -2.29. The molecule has 3 aromatic rings. The smallest absolute Gasteiger partial charge is 0.257 e. The van der Waals surface area contributed by atoms with E-state index in [1.165, 1.54) is 27.0 Å². The van der Waals surface area contributed by atoms with Crippen molar-refractivity contribution in [1.82, 2.24) is 14.5 Å². The molecule has 4 heterocycles. The van der Waals surface area contributed by atoms with Crippen LogP contribution in [-0.2, 0) is 10.0 Å². The molecule has 0 N–H and O–H groups in total. The number of sulfonamides is 1. The van der Waals surface area contributed by atoms with Crippen LogP contribution in [0.2, 0.25) is 0 Å². The summed E-state index contributed by atoms with van der Waals surface area (Å²) in [6.45, 7) is 0.879. The Labute approximate surface area is 161 Å². The highest BCUT2D eigenvalue weighted by atomic mass is 79.9. The Morgan fingerprint density at radius 3 is 2.88 bits per heavy atom. The molecule has 1 fully saturated rings. The van der Waals surface area contributed by atoms with Gasteiger partial charge in [-0.05, 0) is 52.4 Å². The standard InChI is InChI=1S/C15H14BrN3O3S3/c16-12-5-6-13(24-12)25(20,21)19-7-1-3-10(9-19)14-17-18-15(22-14)11-4-2-8-23-11/h2,4-6,8,10H,1,3,7,9H2. The summed E-state index contributed by atoms with van der Waals surface area (Å²) in [7, 11) is -3.48. The van der Waals surface area contributed by atoms with E-state index in [0.717, 1.165) is 21.5 Å². The van der Waals surface area contributed by atoms with E-state index in [0.29, 0.717) is 29.1 Å². The lowest BCUT2D eigenvalue weighted by atomic mass is 10.00. The van der Waals surface area contributed by atoms with Crippen LogP contribution in [0.5, 0.6) is 0 Å². The zero-order chi connectivity index (χ0) is 17.4. The van der Waals surface area contributed by atoms with Gasteiger partial charge in [0.1, 0.15) is 4.21 Å². The molecule has 25 heavy (non-hydrogen) atoms. The molecule has 4 rings (SSSR count). The Morgan fingerprint density at radius 2 is 2.16 bits per heavy atom. The average molecular weight is 460 g/mol. The van der Waals surface area contributed by atoms with Crippen LogP contribution < -0.4 is 0 Å². The van der Waals surface area contributed by atoms with Crippen LogP contribution in [0.25, 0.3) is 10.8 Å². The summed E-state index contributed by atoms with van der Waals surface area (Å²) in [5, 5.41) is 10.2. The second kappa shape index (κ2) is 6.92. The van der Waals surface area contributed by atoms with Gasteiger partial charge in [0.2, 0.25) is 5.89 Å². The zero-order valence-electron chi connectivity index (χ0n) is 13.0. The molecule has 0 aliphatic carbocycles. The van der Waals surface area contributed by atoms with Crippen LogP contribution in [0.15, 0.2) is 42.1 Å². The minimum absolute atomic E-state index is 0.0758. The number of halogens is 1. The molecule has 1 atom stereocenters. The Hall–Kier alpha value is -1.07. The van der Waals surface area contributed by atoms with Crippen LogP contribution in [0.3, 0.4) is 0 Å². The van der Waals surface area contributed by atoms with Gasteiger partial charge in [-0.15, -0.1) is 32.9 Å². The van der Waals surface area contributed by atoms with E-state index in [-0.39, 0.29) is 5.92 Å². The highest BCUT2D eigenvalue weighted by Crippen LogP contribution is 2.34. The Kier molecular flexibility index (Phi) is 4.80. The maximum Gasteiger partial charge on any atom is 0.257 e. The van der Waals surface area contributed by atoms with Crippen molar-refractivity contribution in [1.29, 1.82) is 0 Å². The monoisotopic (exact) mass is 459 g/mol. The minimum Gasteiger partial charge on any atom is -0.420 e. The number of aromatic nitrogens is 2. The van der Waals surface area contributed by atoms with Crippen LogP contribution in [0.4, 0.5) is 0 Å². The molecular formula is C15H14BrN3O3S3. The van der Waals surface area contributed by atoms with Crippen LogP contribution in [0.1, 0.15) is 24.7 Å². The molecule has 0 saturated carbocycles. The Morgan fingerprint density at radius 1 is 1.28 bits per heavy atom. The van der Waals surface area contributed by atoms with E-state index in [1.54, 1.807) is 12.1 Å². The molecule has 0 spiro atoms. The van der Waals surface area contributed by atoms with E-state index in [1.807, 2.05) is 17.5 Å². The first kappa shape index (κ1) is 17.3. The van der Waals surface area contributed by atoms with Gasteiger partial charge in [0.05, 0.1) is 14.6 Å². The summed E-state index contributed by atoms with van der Waals surface area (Å²) >= 11 is 6.08. The largest absolute Gasteiger partial charge is 0.420 e. The number of hydrogen-bond acceptors (Lipinski definition) is 7. The lowest BCUT2D eigenvalue weighted by molar-refractivity contribution is 0.286. The first-order chi connectivity index (χ1) is 12.0. The predicted octanol–water partition coefficient (Wildman–Crippen LogP) is 4.19. The van der Waals surface area contributed by atoms with E-state index in [9.17, 15) is 8.42 Å². The first-order valence-corrected chi connectivity index (χ1v) is 11.6. The van der Waals surface area contributed by atoms with Crippen molar-refractivity contribution >= 4 is 48.6 Å². The highest BCUT2D eigenvalue weighted by Gasteiger charge is 2.34. The van der Waals surface area contributed by atoms with Crippen LogP contribution in [0, 0.1) is 0 Å². The van der Waals surface area contributed by atoms with E-state index in [2.05, 4.69) is 26.1 Å². The van der Waals surface area contributed by atoms with Crippen LogP contribution >= 0.6 is 38.6 Å². The molecule has 6 nitrogen and oxygen atoms in total. The third-order valence-electron chi connectivity index (χ3n) is 4.05. The zero-order valence-corrected chi connectivity index (χ0v) is 17.0. The summed E-state index contributed by atoms with van der Waals surface area (Å²) < 4.78 is 34.1. The summed E-state index contributed by atoms with van der Waals surface area (Å²) in [6.07, 6.45) is 1.61. The summed E-state index contributed by atoms with van der Waals surface area (Å²) in [5.41, 5.74) is 0. The van der Waals surface area contributed by atoms with Gasteiger partial charge in [-0.1, -0.05) is 6.07 Å². The first-order valence-electron chi connectivity index (χ1n) is 7.67. The fourth-order valence-electron chi connectivity index (χ4n) is 2.83. The molecule has 3 aromatic heterocycles. The second-order valence-electron chi connectivity index (χ2n) is 5.68.